The number of rotatable bonds is 3. The second-order valence-corrected chi connectivity index (χ2v) is 6.28. The van der Waals surface area contributed by atoms with Gasteiger partial charge in [0.2, 0.25) is 0 Å². The maximum absolute atomic E-state index is 12.7. The van der Waals surface area contributed by atoms with Crippen LogP contribution < -0.4 is 5.32 Å². The predicted octanol–water partition coefficient (Wildman–Crippen LogP) is 3.75. The molecule has 1 unspecified atom stereocenters. The van der Waals surface area contributed by atoms with Crippen molar-refractivity contribution >= 4 is 23.6 Å². The zero-order chi connectivity index (χ0) is 15.4. The highest BCUT2D eigenvalue weighted by Crippen LogP contribution is 2.24. The third-order valence-electron chi connectivity index (χ3n) is 3.96. The molecule has 2 aromatic carbocycles. The van der Waals surface area contributed by atoms with Gasteiger partial charge in [0.25, 0.3) is 0 Å². The van der Waals surface area contributed by atoms with Crippen LogP contribution in [0.3, 0.4) is 0 Å². The Labute approximate surface area is 135 Å². The third-order valence-corrected chi connectivity index (χ3v) is 4.70. The second kappa shape index (κ2) is 6.95. The van der Waals surface area contributed by atoms with Crippen LogP contribution in [-0.2, 0) is 4.79 Å². The first-order valence-corrected chi connectivity index (χ1v) is 8.65. The topological polar surface area (TPSA) is 29.1 Å². The molecule has 1 atom stereocenters. The van der Waals surface area contributed by atoms with E-state index in [9.17, 15) is 4.79 Å². The van der Waals surface area contributed by atoms with E-state index in [0.29, 0.717) is 13.1 Å². The molecule has 2 nitrogen and oxygen atoms in total. The lowest BCUT2D eigenvalue weighted by atomic mass is 9.87. The zero-order valence-corrected chi connectivity index (χ0v) is 13.4. The third kappa shape index (κ3) is 3.32. The standard InChI is InChI=1S/C19H19NOS/c1-22-17-9-7-14(8-10-17)11-16-12-20-13-18(19(16)21)15-5-3-2-4-6-15/h2-11,18,20H,12-13H2,1H3. The molecule has 1 aliphatic heterocycles. The summed E-state index contributed by atoms with van der Waals surface area (Å²) in [5.74, 6) is 0.158. The lowest BCUT2D eigenvalue weighted by Crippen LogP contribution is -2.37. The number of hydrogen-bond acceptors (Lipinski definition) is 3. The van der Waals surface area contributed by atoms with E-state index < -0.39 is 0 Å². The second-order valence-electron chi connectivity index (χ2n) is 5.40. The van der Waals surface area contributed by atoms with E-state index in [1.165, 1.54) is 4.90 Å². The molecule has 0 aliphatic carbocycles. The molecule has 0 aromatic heterocycles. The zero-order valence-electron chi connectivity index (χ0n) is 12.6. The summed E-state index contributed by atoms with van der Waals surface area (Å²) in [6.45, 7) is 1.36. The number of Topliss-reactive ketones (excluding diaryl/α,β-unsaturated/α-hetero) is 1. The lowest BCUT2D eigenvalue weighted by molar-refractivity contribution is -0.117. The fourth-order valence-electron chi connectivity index (χ4n) is 2.73. The van der Waals surface area contributed by atoms with E-state index in [-0.39, 0.29) is 11.7 Å². The van der Waals surface area contributed by atoms with Crippen LogP contribution >= 0.6 is 11.8 Å². The summed E-state index contributed by atoms with van der Waals surface area (Å²) in [7, 11) is 0. The van der Waals surface area contributed by atoms with Crippen LogP contribution in [0.2, 0.25) is 0 Å². The van der Waals surface area contributed by atoms with Gasteiger partial charge in [0.15, 0.2) is 5.78 Å². The van der Waals surface area contributed by atoms with Gasteiger partial charge in [-0.1, -0.05) is 42.5 Å². The summed E-state index contributed by atoms with van der Waals surface area (Å²) in [5.41, 5.74) is 3.02. The molecule has 3 rings (SSSR count). The van der Waals surface area contributed by atoms with E-state index in [1.54, 1.807) is 11.8 Å². The van der Waals surface area contributed by atoms with Crippen LogP contribution in [0.4, 0.5) is 0 Å². The Kier molecular flexibility index (Phi) is 4.76. The number of benzene rings is 2. The highest BCUT2D eigenvalue weighted by Gasteiger charge is 2.27. The van der Waals surface area contributed by atoms with Crippen LogP contribution in [-0.4, -0.2) is 25.1 Å². The van der Waals surface area contributed by atoms with Gasteiger partial charge in [-0.2, -0.15) is 0 Å². The summed E-state index contributed by atoms with van der Waals surface area (Å²) in [5, 5.41) is 3.36. The summed E-state index contributed by atoms with van der Waals surface area (Å²) in [6.07, 6.45) is 4.07. The van der Waals surface area contributed by atoms with Gasteiger partial charge in [-0.05, 0) is 35.6 Å². The number of carbonyl (C=O) groups is 1. The molecule has 3 heteroatoms. The summed E-state index contributed by atoms with van der Waals surface area (Å²) in [6, 6.07) is 18.3. The number of nitrogens with one attached hydrogen (secondary N) is 1. The summed E-state index contributed by atoms with van der Waals surface area (Å²) < 4.78 is 0. The maximum atomic E-state index is 12.7. The highest BCUT2D eigenvalue weighted by molar-refractivity contribution is 7.98. The first-order valence-electron chi connectivity index (χ1n) is 7.42. The maximum Gasteiger partial charge on any atom is 0.168 e. The Morgan fingerprint density at radius 3 is 2.50 bits per heavy atom. The van der Waals surface area contributed by atoms with Crippen molar-refractivity contribution in [1.29, 1.82) is 0 Å². The minimum atomic E-state index is -0.0772. The van der Waals surface area contributed by atoms with Gasteiger partial charge in [-0.3, -0.25) is 4.79 Å². The van der Waals surface area contributed by atoms with Crippen molar-refractivity contribution < 1.29 is 4.79 Å². The molecule has 1 fully saturated rings. The Balaban J connectivity index is 1.84. The highest BCUT2D eigenvalue weighted by atomic mass is 32.2. The molecule has 1 aliphatic rings. The van der Waals surface area contributed by atoms with Crippen molar-refractivity contribution in [2.45, 2.75) is 10.8 Å². The van der Waals surface area contributed by atoms with E-state index >= 15 is 0 Å². The number of hydrogen-bond donors (Lipinski definition) is 1. The Morgan fingerprint density at radius 1 is 1.09 bits per heavy atom. The largest absolute Gasteiger partial charge is 0.311 e. The molecule has 0 spiro atoms. The molecule has 1 saturated heterocycles. The van der Waals surface area contributed by atoms with E-state index in [4.69, 9.17) is 0 Å². The summed E-state index contributed by atoms with van der Waals surface area (Å²) in [4.78, 5) is 14.0. The number of piperidine rings is 1. The fourth-order valence-corrected chi connectivity index (χ4v) is 3.14. The van der Waals surface area contributed by atoms with Crippen molar-refractivity contribution in [3.63, 3.8) is 0 Å². The van der Waals surface area contributed by atoms with Crippen LogP contribution in [0.5, 0.6) is 0 Å². The van der Waals surface area contributed by atoms with Crippen molar-refractivity contribution in [1.82, 2.24) is 5.32 Å². The van der Waals surface area contributed by atoms with Gasteiger partial charge in [-0.25, -0.2) is 0 Å². The lowest BCUT2D eigenvalue weighted by Gasteiger charge is -2.24. The van der Waals surface area contributed by atoms with Gasteiger partial charge in [0.1, 0.15) is 0 Å². The minimum absolute atomic E-state index is 0.0772. The van der Waals surface area contributed by atoms with Crippen LogP contribution in [0.25, 0.3) is 6.08 Å². The molecule has 0 amide bonds. The molecular formula is C19H19NOS. The van der Waals surface area contributed by atoms with Crippen LogP contribution in [0, 0.1) is 0 Å². The number of ketones is 1. The van der Waals surface area contributed by atoms with E-state index in [1.807, 2.05) is 36.4 Å². The van der Waals surface area contributed by atoms with Gasteiger partial charge >= 0.3 is 0 Å². The molecule has 2 aromatic rings. The van der Waals surface area contributed by atoms with Gasteiger partial charge < -0.3 is 5.32 Å². The molecule has 0 saturated carbocycles. The smallest absolute Gasteiger partial charge is 0.168 e. The molecule has 0 radical (unpaired) electrons. The SMILES string of the molecule is CSc1ccc(C=C2CNCC(c3ccccc3)C2=O)cc1. The Bertz CT molecular complexity index is 676. The Morgan fingerprint density at radius 2 is 1.82 bits per heavy atom. The van der Waals surface area contributed by atoms with Crippen molar-refractivity contribution in [3.05, 3.63) is 71.3 Å². The molecule has 112 valence electrons. The monoisotopic (exact) mass is 309 g/mol. The van der Waals surface area contributed by atoms with Crippen LogP contribution in [0.1, 0.15) is 17.0 Å². The normalized spacial score (nSPS) is 20.3. The first kappa shape index (κ1) is 15.1. The summed E-state index contributed by atoms with van der Waals surface area (Å²) >= 11 is 1.72. The predicted molar refractivity (Wildman–Crippen MR) is 93.3 cm³/mol. The Hall–Kier alpha value is -1.84. The molecule has 1 heterocycles. The first-order chi connectivity index (χ1) is 10.8. The van der Waals surface area contributed by atoms with E-state index in [0.717, 1.165) is 16.7 Å². The average molecular weight is 309 g/mol. The molecule has 22 heavy (non-hydrogen) atoms. The quantitative estimate of drug-likeness (QED) is 0.691. The average Bonchev–Trinajstić information content (AvgIpc) is 2.58. The fraction of sp³-hybridized carbons (Fsp3) is 0.211. The minimum Gasteiger partial charge on any atom is -0.311 e. The van der Waals surface area contributed by atoms with Crippen molar-refractivity contribution in [2.24, 2.45) is 0 Å². The molecule has 1 N–H and O–H groups in total. The molecular weight excluding hydrogens is 290 g/mol. The van der Waals surface area contributed by atoms with Crippen molar-refractivity contribution in [3.8, 4) is 0 Å². The van der Waals surface area contributed by atoms with E-state index in [2.05, 4.69) is 35.8 Å². The van der Waals surface area contributed by atoms with Gasteiger partial charge in [0, 0.05) is 23.6 Å². The molecule has 0 bridgehead atoms. The van der Waals surface area contributed by atoms with Gasteiger partial charge in [-0.15, -0.1) is 11.8 Å². The van der Waals surface area contributed by atoms with Crippen LogP contribution in [0.15, 0.2) is 65.1 Å². The van der Waals surface area contributed by atoms with Crippen molar-refractivity contribution in [2.75, 3.05) is 19.3 Å². The number of thioether (sulfide) groups is 1. The van der Waals surface area contributed by atoms with Gasteiger partial charge in [0.05, 0.1) is 5.92 Å². The number of carbonyl (C=O) groups excluding carboxylic acids is 1.